The highest BCUT2D eigenvalue weighted by molar-refractivity contribution is 7.91. The Labute approximate surface area is 161 Å². The highest BCUT2D eigenvalue weighted by Gasteiger charge is 2.25. The molecule has 26 heavy (non-hydrogen) atoms. The van der Waals surface area contributed by atoms with Crippen LogP contribution >= 0.6 is 22.9 Å². The van der Waals surface area contributed by atoms with Crippen LogP contribution in [-0.4, -0.2) is 32.5 Å². The Morgan fingerprint density at radius 1 is 1.19 bits per heavy atom. The zero-order valence-corrected chi connectivity index (χ0v) is 16.3. The molecule has 0 spiro atoms. The predicted octanol–water partition coefficient (Wildman–Crippen LogP) is 3.90. The molecule has 8 heteroatoms. The van der Waals surface area contributed by atoms with Gasteiger partial charge in [0.15, 0.2) is 0 Å². The monoisotopic (exact) mass is 407 g/mol. The number of nitrogens with zero attached hydrogens (tertiary/aromatic N) is 2. The maximum atomic E-state index is 12.4. The molecule has 1 aliphatic heterocycles. The summed E-state index contributed by atoms with van der Waals surface area (Å²) in [6.07, 6.45) is 3.32. The Kier molecular flexibility index (Phi) is 4.88. The first-order valence-corrected chi connectivity index (χ1v) is 11.1. The molecule has 1 aromatic carbocycles. The standard InChI is InChI=1S/C18H18ClN3O2S2/c19-13-3-4-15-16(12-13)20-8-5-17(15)22-9-6-14(7-10-22)21-26(23,24)18-2-1-11-25-18/h1-5,8,11-12,14,21H,6-7,9-10H2. The number of piperidine rings is 1. The largest absolute Gasteiger partial charge is 0.371 e. The molecule has 0 radical (unpaired) electrons. The van der Waals surface area contributed by atoms with E-state index in [1.807, 2.05) is 24.3 Å². The number of halogens is 1. The number of nitrogens with one attached hydrogen (secondary N) is 1. The van der Waals surface area contributed by atoms with Gasteiger partial charge in [-0.05, 0) is 48.6 Å². The molecule has 0 bridgehead atoms. The highest BCUT2D eigenvalue weighted by atomic mass is 35.5. The number of fused-ring (bicyclic) bond motifs is 1. The summed E-state index contributed by atoms with van der Waals surface area (Å²) < 4.78 is 28.0. The molecule has 1 aliphatic rings. The fraction of sp³-hybridized carbons (Fsp3) is 0.278. The van der Waals surface area contributed by atoms with Gasteiger partial charge in [0.05, 0.1) is 5.52 Å². The first kappa shape index (κ1) is 17.7. The summed E-state index contributed by atoms with van der Waals surface area (Å²) in [4.78, 5) is 6.67. The summed E-state index contributed by atoms with van der Waals surface area (Å²) in [6, 6.07) is 11.1. The number of thiophene rings is 1. The van der Waals surface area contributed by atoms with E-state index in [-0.39, 0.29) is 6.04 Å². The molecule has 5 nitrogen and oxygen atoms in total. The molecule has 0 amide bonds. The molecule has 3 heterocycles. The van der Waals surface area contributed by atoms with Crippen LogP contribution in [0.15, 0.2) is 52.2 Å². The minimum absolute atomic E-state index is 0.0408. The van der Waals surface area contributed by atoms with E-state index >= 15 is 0 Å². The van der Waals surface area contributed by atoms with Gasteiger partial charge in [0.1, 0.15) is 4.21 Å². The van der Waals surface area contributed by atoms with E-state index in [1.165, 1.54) is 11.3 Å². The van der Waals surface area contributed by atoms with Gasteiger partial charge in [0.25, 0.3) is 0 Å². The zero-order valence-electron chi connectivity index (χ0n) is 13.9. The van der Waals surface area contributed by atoms with E-state index in [9.17, 15) is 8.42 Å². The lowest BCUT2D eigenvalue weighted by Gasteiger charge is -2.34. The van der Waals surface area contributed by atoms with Crippen molar-refractivity contribution in [2.45, 2.75) is 23.1 Å². The van der Waals surface area contributed by atoms with Gasteiger partial charge in [-0.25, -0.2) is 13.1 Å². The van der Waals surface area contributed by atoms with E-state index in [0.717, 1.165) is 42.5 Å². The topological polar surface area (TPSA) is 62.3 Å². The number of aromatic nitrogens is 1. The zero-order chi connectivity index (χ0) is 18.1. The smallest absolute Gasteiger partial charge is 0.250 e. The van der Waals surface area contributed by atoms with Crippen LogP contribution in [0.3, 0.4) is 0 Å². The van der Waals surface area contributed by atoms with Gasteiger partial charge < -0.3 is 4.90 Å². The minimum Gasteiger partial charge on any atom is -0.371 e. The molecular formula is C18H18ClN3O2S2. The minimum atomic E-state index is -3.41. The molecule has 0 unspecified atom stereocenters. The lowest BCUT2D eigenvalue weighted by molar-refractivity contribution is 0.461. The van der Waals surface area contributed by atoms with Gasteiger partial charge >= 0.3 is 0 Å². The average molecular weight is 408 g/mol. The Bertz CT molecular complexity index is 1010. The van der Waals surface area contributed by atoms with Crippen molar-refractivity contribution in [3.63, 3.8) is 0 Å². The Balaban J connectivity index is 1.48. The maximum Gasteiger partial charge on any atom is 0.250 e. The summed E-state index contributed by atoms with van der Waals surface area (Å²) in [6.45, 7) is 1.58. The van der Waals surface area contributed by atoms with Crippen molar-refractivity contribution in [2.75, 3.05) is 18.0 Å². The molecule has 3 aromatic rings. The third kappa shape index (κ3) is 3.57. The molecule has 136 valence electrons. The van der Waals surface area contributed by atoms with Gasteiger partial charge in [-0.1, -0.05) is 17.7 Å². The first-order chi connectivity index (χ1) is 12.5. The third-order valence-electron chi connectivity index (χ3n) is 4.60. The van der Waals surface area contributed by atoms with E-state index in [1.54, 1.807) is 23.7 Å². The molecule has 4 rings (SSSR count). The highest BCUT2D eigenvalue weighted by Crippen LogP contribution is 2.29. The lowest BCUT2D eigenvalue weighted by Crippen LogP contribution is -2.44. The number of anilines is 1. The molecule has 1 fully saturated rings. The predicted molar refractivity (Wildman–Crippen MR) is 107 cm³/mol. The van der Waals surface area contributed by atoms with E-state index in [2.05, 4.69) is 14.6 Å². The number of rotatable bonds is 4. The molecule has 1 N–H and O–H groups in total. The molecular weight excluding hydrogens is 390 g/mol. The number of hydrogen-bond donors (Lipinski definition) is 1. The van der Waals surface area contributed by atoms with Crippen molar-refractivity contribution in [2.24, 2.45) is 0 Å². The fourth-order valence-electron chi connectivity index (χ4n) is 3.31. The van der Waals surface area contributed by atoms with Crippen molar-refractivity contribution >= 4 is 49.6 Å². The van der Waals surface area contributed by atoms with Crippen LogP contribution in [-0.2, 0) is 10.0 Å². The van der Waals surface area contributed by atoms with Crippen LogP contribution in [0, 0.1) is 0 Å². The fourth-order valence-corrected chi connectivity index (χ4v) is 5.79. The maximum absolute atomic E-state index is 12.4. The second kappa shape index (κ2) is 7.15. The molecule has 1 saturated heterocycles. The number of sulfonamides is 1. The van der Waals surface area contributed by atoms with Crippen LogP contribution in [0.2, 0.25) is 5.02 Å². The Morgan fingerprint density at radius 2 is 2.00 bits per heavy atom. The SMILES string of the molecule is O=S(=O)(NC1CCN(c2ccnc3cc(Cl)ccc23)CC1)c1cccs1. The Morgan fingerprint density at radius 3 is 2.73 bits per heavy atom. The van der Waals surface area contributed by atoms with Gasteiger partial charge in [-0.3, -0.25) is 4.98 Å². The van der Waals surface area contributed by atoms with Crippen molar-refractivity contribution in [3.8, 4) is 0 Å². The van der Waals surface area contributed by atoms with Crippen LogP contribution in [0.25, 0.3) is 10.9 Å². The summed E-state index contributed by atoms with van der Waals surface area (Å²) in [7, 11) is -3.41. The van der Waals surface area contributed by atoms with E-state index in [4.69, 9.17) is 11.6 Å². The van der Waals surface area contributed by atoms with E-state index < -0.39 is 10.0 Å². The second-order valence-corrected chi connectivity index (χ2v) is 9.63. The van der Waals surface area contributed by atoms with Gasteiger partial charge in [-0.15, -0.1) is 11.3 Å². The van der Waals surface area contributed by atoms with Crippen molar-refractivity contribution in [3.05, 3.63) is 53.0 Å². The number of benzene rings is 1. The van der Waals surface area contributed by atoms with Crippen LogP contribution in [0.5, 0.6) is 0 Å². The summed E-state index contributed by atoms with van der Waals surface area (Å²) >= 11 is 7.30. The Hall–Kier alpha value is -1.67. The molecule has 0 saturated carbocycles. The average Bonchev–Trinajstić information content (AvgIpc) is 3.17. The first-order valence-electron chi connectivity index (χ1n) is 8.38. The molecule has 0 aliphatic carbocycles. The second-order valence-electron chi connectivity index (χ2n) is 6.31. The number of hydrogen-bond acceptors (Lipinski definition) is 5. The molecule has 0 atom stereocenters. The van der Waals surface area contributed by atoms with Gasteiger partial charge in [-0.2, -0.15) is 0 Å². The van der Waals surface area contributed by atoms with Gasteiger partial charge in [0, 0.05) is 41.4 Å². The lowest BCUT2D eigenvalue weighted by atomic mass is 10.0. The van der Waals surface area contributed by atoms with Gasteiger partial charge in [0.2, 0.25) is 10.0 Å². The van der Waals surface area contributed by atoms with Crippen molar-refractivity contribution < 1.29 is 8.42 Å². The van der Waals surface area contributed by atoms with Crippen molar-refractivity contribution in [1.82, 2.24) is 9.71 Å². The summed E-state index contributed by atoms with van der Waals surface area (Å²) in [5.74, 6) is 0. The van der Waals surface area contributed by atoms with Crippen LogP contribution < -0.4 is 9.62 Å². The summed E-state index contributed by atoms with van der Waals surface area (Å²) in [5.41, 5.74) is 1.99. The third-order valence-corrected chi connectivity index (χ3v) is 7.75. The molecule has 2 aromatic heterocycles. The van der Waals surface area contributed by atoms with Crippen LogP contribution in [0.4, 0.5) is 5.69 Å². The number of pyridine rings is 1. The quantitative estimate of drug-likeness (QED) is 0.712. The normalized spacial score (nSPS) is 16.3. The summed E-state index contributed by atoms with van der Waals surface area (Å²) in [5, 5.41) is 3.51. The van der Waals surface area contributed by atoms with Crippen LogP contribution in [0.1, 0.15) is 12.8 Å². The van der Waals surface area contributed by atoms with Crippen molar-refractivity contribution in [1.29, 1.82) is 0 Å². The van der Waals surface area contributed by atoms with E-state index in [0.29, 0.717) is 9.23 Å².